The van der Waals surface area contributed by atoms with E-state index in [2.05, 4.69) is 15.9 Å². The number of rotatable bonds is 4. The monoisotopic (exact) mass is 340 g/mol. The lowest BCUT2D eigenvalue weighted by Gasteiger charge is -2.40. The van der Waals surface area contributed by atoms with Crippen LogP contribution in [0.15, 0.2) is 28.7 Å². The molecule has 0 saturated carbocycles. The first-order valence-electron chi connectivity index (χ1n) is 6.42. The summed E-state index contributed by atoms with van der Waals surface area (Å²) in [6, 6.07) is 7.73. The van der Waals surface area contributed by atoms with Gasteiger partial charge in [0.15, 0.2) is 0 Å². The van der Waals surface area contributed by atoms with Gasteiger partial charge >= 0.3 is 12.0 Å². The van der Waals surface area contributed by atoms with Crippen LogP contribution in [-0.2, 0) is 11.3 Å². The number of carbonyl (C=O) groups excluding carboxylic acids is 1. The Morgan fingerprint density at radius 1 is 1.40 bits per heavy atom. The van der Waals surface area contributed by atoms with E-state index in [4.69, 9.17) is 5.11 Å². The van der Waals surface area contributed by atoms with Crippen LogP contribution in [0.4, 0.5) is 4.79 Å². The first-order valence-corrected chi connectivity index (χ1v) is 7.22. The molecule has 1 aliphatic rings. The molecule has 1 aromatic rings. The molecule has 0 spiro atoms. The number of hydrogen-bond acceptors (Lipinski definition) is 2. The van der Waals surface area contributed by atoms with Crippen LogP contribution in [-0.4, -0.2) is 47.0 Å². The van der Waals surface area contributed by atoms with Gasteiger partial charge in [0.05, 0.1) is 6.42 Å². The van der Waals surface area contributed by atoms with Crippen molar-refractivity contribution in [2.24, 2.45) is 5.92 Å². The Morgan fingerprint density at radius 3 is 2.65 bits per heavy atom. The lowest BCUT2D eigenvalue weighted by Crippen LogP contribution is -2.54. The van der Waals surface area contributed by atoms with Crippen molar-refractivity contribution in [1.82, 2.24) is 9.80 Å². The first-order chi connectivity index (χ1) is 9.47. The second kappa shape index (κ2) is 6.26. The Morgan fingerprint density at radius 2 is 2.05 bits per heavy atom. The third kappa shape index (κ3) is 3.50. The molecular formula is C14H17BrN2O3. The van der Waals surface area contributed by atoms with Crippen LogP contribution >= 0.6 is 15.9 Å². The van der Waals surface area contributed by atoms with Crippen molar-refractivity contribution in [3.05, 3.63) is 34.3 Å². The number of likely N-dealkylation sites (tertiary alicyclic amines) is 1. The van der Waals surface area contributed by atoms with Gasteiger partial charge in [-0.25, -0.2) is 4.79 Å². The average molecular weight is 341 g/mol. The molecule has 1 heterocycles. The van der Waals surface area contributed by atoms with Crippen molar-refractivity contribution in [2.45, 2.75) is 13.0 Å². The quantitative estimate of drug-likeness (QED) is 0.915. The maximum atomic E-state index is 12.2. The highest BCUT2D eigenvalue weighted by atomic mass is 79.9. The van der Waals surface area contributed by atoms with E-state index in [9.17, 15) is 9.59 Å². The smallest absolute Gasteiger partial charge is 0.320 e. The Kier molecular flexibility index (Phi) is 4.65. The molecule has 1 fully saturated rings. The number of halogens is 1. The fourth-order valence-electron chi connectivity index (χ4n) is 2.29. The molecule has 0 aliphatic carbocycles. The Labute approximate surface area is 126 Å². The van der Waals surface area contributed by atoms with Crippen molar-refractivity contribution in [2.75, 3.05) is 20.1 Å². The van der Waals surface area contributed by atoms with Gasteiger partial charge in [-0.3, -0.25) is 4.79 Å². The Balaban J connectivity index is 1.85. The summed E-state index contributed by atoms with van der Waals surface area (Å²) in [5.74, 6) is -0.711. The molecule has 0 radical (unpaired) electrons. The molecule has 0 atom stereocenters. The van der Waals surface area contributed by atoms with Gasteiger partial charge in [0.25, 0.3) is 0 Å². The van der Waals surface area contributed by atoms with Crippen LogP contribution in [0.5, 0.6) is 0 Å². The summed E-state index contributed by atoms with van der Waals surface area (Å²) in [4.78, 5) is 26.1. The Bertz CT molecular complexity index is 515. The van der Waals surface area contributed by atoms with Crippen LogP contribution in [0.1, 0.15) is 12.0 Å². The number of nitrogens with zero attached hydrogens (tertiary/aromatic N) is 2. The molecule has 0 aromatic heterocycles. The van der Waals surface area contributed by atoms with Gasteiger partial charge in [0.1, 0.15) is 0 Å². The number of aliphatic carboxylic acids is 1. The number of hydrogen-bond donors (Lipinski definition) is 1. The van der Waals surface area contributed by atoms with Crippen molar-refractivity contribution in [1.29, 1.82) is 0 Å². The molecule has 20 heavy (non-hydrogen) atoms. The predicted molar refractivity (Wildman–Crippen MR) is 78.3 cm³/mol. The fourth-order valence-corrected chi connectivity index (χ4v) is 2.70. The van der Waals surface area contributed by atoms with Gasteiger partial charge in [0.2, 0.25) is 0 Å². The predicted octanol–water partition coefficient (Wildman–Crippen LogP) is 2.41. The Hall–Kier alpha value is -1.56. The largest absolute Gasteiger partial charge is 0.481 e. The minimum absolute atomic E-state index is 0.0533. The van der Waals surface area contributed by atoms with Crippen LogP contribution in [0.2, 0.25) is 0 Å². The summed E-state index contributed by atoms with van der Waals surface area (Å²) >= 11 is 3.46. The summed E-state index contributed by atoms with van der Waals surface area (Å²) in [6.45, 7) is 1.59. The molecule has 1 N–H and O–H groups in total. The molecule has 0 unspecified atom stereocenters. The lowest BCUT2D eigenvalue weighted by atomic mass is 9.97. The molecule has 6 heteroatoms. The third-order valence-electron chi connectivity index (χ3n) is 3.38. The van der Waals surface area contributed by atoms with Gasteiger partial charge in [-0.15, -0.1) is 0 Å². The molecule has 5 nitrogen and oxygen atoms in total. The number of benzene rings is 1. The molecular weight excluding hydrogens is 324 g/mol. The van der Waals surface area contributed by atoms with E-state index in [-0.39, 0.29) is 18.4 Å². The first kappa shape index (κ1) is 14.8. The highest BCUT2D eigenvalue weighted by Gasteiger charge is 2.33. The molecule has 1 saturated heterocycles. The fraction of sp³-hybridized carbons (Fsp3) is 0.429. The van der Waals surface area contributed by atoms with Crippen molar-refractivity contribution < 1.29 is 14.7 Å². The van der Waals surface area contributed by atoms with E-state index < -0.39 is 5.97 Å². The van der Waals surface area contributed by atoms with Crippen molar-refractivity contribution in [3.8, 4) is 0 Å². The van der Waals surface area contributed by atoms with E-state index in [0.29, 0.717) is 19.6 Å². The molecule has 108 valence electrons. The summed E-state index contributed by atoms with van der Waals surface area (Å²) in [5.41, 5.74) is 1.05. The molecule has 1 aliphatic heterocycles. The van der Waals surface area contributed by atoms with Crippen molar-refractivity contribution >= 4 is 27.9 Å². The van der Waals surface area contributed by atoms with E-state index in [1.165, 1.54) is 0 Å². The van der Waals surface area contributed by atoms with E-state index in [1.807, 2.05) is 24.3 Å². The number of carbonyl (C=O) groups is 2. The second-order valence-corrected chi connectivity index (χ2v) is 5.95. The minimum atomic E-state index is -0.802. The number of carboxylic acids is 1. The lowest BCUT2D eigenvalue weighted by molar-refractivity contribution is -0.139. The zero-order valence-electron chi connectivity index (χ0n) is 11.3. The van der Waals surface area contributed by atoms with E-state index in [0.717, 1.165) is 10.0 Å². The highest BCUT2D eigenvalue weighted by Crippen LogP contribution is 2.22. The average Bonchev–Trinajstić information content (AvgIpc) is 2.35. The number of carboxylic acid groups (broad SMARTS) is 1. The topological polar surface area (TPSA) is 60.9 Å². The van der Waals surface area contributed by atoms with Crippen LogP contribution in [0.25, 0.3) is 0 Å². The van der Waals surface area contributed by atoms with Gasteiger partial charge in [-0.05, 0) is 11.6 Å². The summed E-state index contributed by atoms with van der Waals surface area (Å²) in [5, 5.41) is 8.69. The number of amides is 2. The van der Waals surface area contributed by atoms with Crippen LogP contribution in [0, 0.1) is 5.92 Å². The standard InChI is InChI=1S/C14H17BrN2O3/c1-16(9-11-4-2-3-5-12(11)15)14(20)17-7-10(8-17)6-13(18)19/h2-5,10H,6-9H2,1H3,(H,18,19). The van der Waals surface area contributed by atoms with E-state index >= 15 is 0 Å². The SMILES string of the molecule is CN(Cc1ccccc1Br)C(=O)N1CC(CC(=O)O)C1. The maximum Gasteiger partial charge on any atom is 0.320 e. The summed E-state index contributed by atoms with van der Waals surface area (Å²) < 4.78 is 0.979. The normalized spacial score (nSPS) is 14.8. The summed E-state index contributed by atoms with van der Waals surface area (Å²) in [7, 11) is 1.76. The zero-order chi connectivity index (χ0) is 14.7. The van der Waals surface area contributed by atoms with E-state index in [1.54, 1.807) is 16.8 Å². The highest BCUT2D eigenvalue weighted by molar-refractivity contribution is 9.10. The zero-order valence-corrected chi connectivity index (χ0v) is 12.8. The van der Waals surface area contributed by atoms with Gasteiger partial charge in [0, 0.05) is 37.1 Å². The molecule has 0 bridgehead atoms. The van der Waals surface area contributed by atoms with Gasteiger partial charge in [-0.2, -0.15) is 0 Å². The minimum Gasteiger partial charge on any atom is -0.481 e. The molecule has 2 amide bonds. The van der Waals surface area contributed by atoms with Gasteiger partial charge < -0.3 is 14.9 Å². The third-order valence-corrected chi connectivity index (χ3v) is 4.16. The molecule has 2 rings (SSSR count). The maximum absolute atomic E-state index is 12.2. The van der Waals surface area contributed by atoms with Crippen LogP contribution in [0.3, 0.4) is 0 Å². The van der Waals surface area contributed by atoms with Gasteiger partial charge in [-0.1, -0.05) is 34.1 Å². The number of urea groups is 1. The van der Waals surface area contributed by atoms with Crippen molar-refractivity contribution in [3.63, 3.8) is 0 Å². The molecule has 1 aromatic carbocycles. The van der Waals surface area contributed by atoms with Crippen LogP contribution < -0.4 is 0 Å². The summed E-state index contributed by atoms with van der Waals surface area (Å²) in [6.07, 6.45) is 0.137. The second-order valence-electron chi connectivity index (χ2n) is 5.10.